The molecule has 0 radical (unpaired) electrons. The van der Waals surface area contributed by atoms with Gasteiger partial charge >= 0.3 is 5.97 Å². The van der Waals surface area contributed by atoms with Crippen LogP contribution in [0.1, 0.15) is 5.56 Å². The lowest BCUT2D eigenvalue weighted by atomic mass is 10.2. The number of carbonyl (C=O) groups excluding carboxylic acids is 1. The second-order valence-electron chi connectivity index (χ2n) is 4.37. The van der Waals surface area contributed by atoms with Crippen molar-refractivity contribution in [1.82, 2.24) is 4.31 Å². The predicted molar refractivity (Wildman–Crippen MR) is 66.9 cm³/mol. The van der Waals surface area contributed by atoms with E-state index >= 15 is 0 Å². The smallest absolute Gasteiger partial charge is 0.309 e. The average molecular weight is 285 g/mol. The summed E-state index contributed by atoms with van der Waals surface area (Å²) in [6.45, 7) is 0.262. The largest absolute Gasteiger partial charge is 0.469 e. The van der Waals surface area contributed by atoms with Gasteiger partial charge in [0.2, 0.25) is 10.0 Å². The number of benzene rings is 1. The summed E-state index contributed by atoms with van der Waals surface area (Å²) < 4.78 is 29.9. The van der Waals surface area contributed by atoms with Gasteiger partial charge in [-0.3, -0.25) is 4.79 Å². The number of nitrogens with zero attached hydrogens (tertiary/aromatic N) is 1. The number of methoxy groups -OCH3 is 1. The normalized spacial score (nSPS) is 16.9. The molecule has 1 N–H and O–H groups in total. The zero-order valence-electron chi connectivity index (χ0n) is 10.4. The Hall–Kier alpha value is -1.44. The molecule has 1 aromatic rings. The molecule has 0 saturated carbocycles. The summed E-state index contributed by atoms with van der Waals surface area (Å²) in [5.74, 6) is -0.374. The molecule has 7 heteroatoms. The lowest BCUT2D eigenvalue weighted by molar-refractivity contribution is -0.139. The maximum Gasteiger partial charge on any atom is 0.309 e. The Morgan fingerprint density at radius 1 is 1.37 bits per heavy atom. The molecule has 1 fully saturated rings. The van der Waals surface area contributed by atoms with Crippen molar-refractivity contribution >= 4 is 16.0 Å². The van der Waals surface area contributed by atoms with Gasteiger partial charge in [0, 0.05) is 13.1 Å². The van der Waals surface area contributed by atoms with E-state index in [4.69, 9.17) is 5.11 Å². The van der Waals surface area contributed by atoms with E-state index in [-0.39, 0.29) is 30.4 Å². The van der Waals surface area contributed by atoms with Crippen molar-refractivity contribution in [2.45, 2.75) is 17.4 Å². The molecule has 104 valence electrons. The molecule has 1 heterocycles. The average Bonchev–Trinajstić information content (AvgIpc) is 2.35. The molecule has 0 amide bonds. The van der Waals surface area contributed by atoms with Gasteiger partial charge in [0.1, 0.15) is 0 Å². The second-order valence-corrected chi connectivity index (χ2v) is 6.31. The Morgan fingerprint density at radius 2 is 1.95 bits per heavy atom. The Kier molecular flexibility index (Phi) is 3.88. The van der Waals surface area contributed by atoms with E-state index in [0.29, 0.717) is 5.56 Å². The minimum Gasteiger partial charge on any atom is -0.469 e. The summed E-state index contributed by atoms with van der Waals surface area (Å²) in [4.78, 5) is 11.2. The van der Waals surface area contributed by atoms with Crippen molar-refractivity contribution in [3.63, 3.8) is 0 Å². The standard InChI is InChI=1S/C12H15NO5S/c1-18-12(15)6-9-2-4-11(5-3-9)19(16,17)13-7-10(14)8-13/h2-5,10,14H,6-8H2,1H3. The number of β-amino-alcohol motifs (C(OH)–C–C–N with tert-alkyl or cyclic N) is 1. The summed E-state index contributed by atoms with van der Waals surface area (Å²) in [6, 6.07) is 6.08. The second kappa shape index (κ2) is 5.28. The van der Waals surface area contributed by atoms with E-state index in [9.17, 15) is 13.2 Å². The highest BCUT2D eigenvalue weighted by molar-refractivity contribution is 7.89. The molecular weight excluding hydrogens is 270 g/mol. The molecule has 0 atom stereocenters. The van der Waals surface area contributed by atoms with Crippen molar-refractivity contribution in [2.24, 2.45) is 0 Å². The van der Waals surface area contributed by atoms with Gasteiger partial charge in [-0.05, 0) is 17.7 Å². The van der Waals surface area contributed by atoms with E-state index in [2.05, 4.69) is 4.74 Å². The summed E-state index contributed by atoms with van der Waals surface area (Å²) in [7, 11) is -2.23. The third-order valence-corrected chi connectivity index (χ3v) is 4.81. The highest BCUT2D eigenvalue weighted by Gasteiger charge is 2.35. The van der Waals surface area contributed by atoms with E-state index in [0.717, 1.165) is 0 Å². The van der Waals surface area contributed by atoms with Crippen LogP contribution in [0.4, 0.5) is 0 Å². The Bertz CT molecular complexity index is 560. The van der Waals surface area contributed by atoms with Crippen molar-refractivity contribution in [1.29, 1.82) is 0 Å². The van der Waals surface area contributed by atoms with Gasteiger partial charge in [-0.25, -0.2) is 8.42 Å². The number of sulfonamides is 1. The van der Waals surface area contributed by atoms with Crippen LogP contribution in [-0.4, -0.2) is 50.1 Å². The first-order valence-electron chi connectivity index (χ1n) is 5.77. The highest BCUT2D eigenvalue weighted by Crippen LogP contribution is 2.21. The van der Waals surface area contributed by atoms with Gasteiger partial charge in [-0.2, -0.15) is 4.31 Å². The zero-order valence-corrected chi connectivity index (χ0v) is 11.3. The first kappa shape index (κ1) is 14.0. The van der Waals surface area contributed by atoms with E-state index in [1.54, 1.807) is 12.1 Å². The molecule has 0 aliphatic carbocycles. The van der Waals surface area contributed by atoms with Crippen LogP contribution in [0.2, 0.25) is 0 Å². The lowest BCUT2D eigenvalue weighted by Gasteiger charge is -2.34. The van der Waals surface area contributed by atoms with Crippen molar-refractivity contribution in [2.75, 3.05) is 20.2 Å². The zero-order chi connectivity index (χ0) is 14.0. The fraction of sp³-hybridized carbons (Fsp3) is 0.417. The number of ether oxygens (including phenoxy) is 1. The SMILES string of the molecule is COC(=O)Cc1ccc(S(=O)(=O)N2CC(O)C2)cc1. The van der Waals surface area contributed by atoms with Crippen LogP contribution in [0.3, 0.4) is 0 Å². The van der Waals surface area contributed by atoms with Crippen LogP contribution < -0.4 is 0 Å². The Morgan fingerprint density at radius 3 is 2.42 bits per heavy atom. The first-order chi connectivity index (χ1) is 8.93. The third kappa shape index (κ3) is 2.94. The molecular formula is C12H15NO5S. The van der Waals surface area contributed by atoms with Crippen LogP contribution in [0, 0.1) is 0 Å². The molecule has 0 spiro atoms. The molecule has 1 saturated heterocycles. The fourth-order valence-corrected chi connectivity index (χ4v) is 3.29. The van der Waals surface area contributed by atoms with E-state index < -0.39 is 16.1 Å². The van der Waals surface area contributed by atoms with Gasteiger partial charge in [0.05, 0.1) is 24.5 Å². The maximum absolute atomic E-state index is 12.1. The third-order valence-electron chi connectivity index (χ3n) is 2.97. The van der Waals surface area contributed by atoms with Gasteiger partial charge in [-0.1, -0.05) is 12.1 Å². The lowest BCUT2D eigenvalue weighted by Crippen LogP contribution is -2.53. The van der Waals surface area contributed by atoms with Gasteiger partial charge < -0.3 is 9.84 Å². The summed E-state index contributed by atoms with van der Waals surface area (Å²) in [5.41, 5.74) is 0.689. The van der Waals surface area contributed by atoms with Gasteiger partial charge in [0.15, 0.2) is 0 Å². The minimum atomic E-state index is -3.53. The van der Waals surface area contributed by atoms with Gasteiger partial charge in [0.25, 0.3) is 0 Å². The summed E-state index contributed by atoms with van der Waals surface area (Å²) in [6.07, 6.45) is -0.465. The van der Waals surface area contributed by atoms with E-state index in [1.807, 2.05) is 0 Å². The molecule has 1 aliphatic heterocycles. The van der Waals surface area contributed by atoms with E-state index in [1.165, 1.54) is 23.5 Å². The number of carbonyl (C=O) groups is 1. The number of hydrogen-bond acceptors (Lipinski definition) is 5. The first-order valence-corrected chi connectivity index (χ1v) is 7.21. The van der Waals surface area contributed by atoms with Gasteiger partial charge in [-0.15, -0.1) is 0 Å². The molecule has 2 rings (SSSR count). The van der Waals surface area contributed by atoms with Crippen LogP contribution in [0.15, 0.2) is 29.2 Å². The van der Waals surface area contributed by atoms with Crippen LogP contribution in [0.25, 0.3) is 0 Å². The molecule has 0 aromatic heterocycles. The topological polar surface area (TPSA) is 83.9 Å². The molecule has 0 unspecified atom stereocenters. The number of esters is 1. The molecule has 1 aromatic carbocycles. The number of aliphatic hydroxyl groups excluding tert-OH is 1. The fourth-order valence-electron chi connectivity index (χ4n) is 1.78. The van der Waals surface area contributed by atoms with Crippen LogP contribution in [-0.2, 0) is 26.0 Å². The minimum absolute atomic E-state index is 0.110. The van der Waals surface area contributed by atoms with Crippen LogP contribution >= 0.6 is 0 Å². The molecule has 1 aliphatic rings. The highest BCUT2D eigenvalue weighted by atomic mass is 32.2. The van der Waals surface area contributed by atoms with Crippen molar-refractivity contribution in [3.8, 4) is 0 Å². The Labute approximate surface area is 111 Å². The summed E-state index contributed by atoms with van der Waals surface area (Å²) >= 11 is 0. The maximum atomic E-state index is 12.1. The number of rotatable bonds is 4. The van der Waals surface area contributed by atoms with Crippen molar-refractivity contribution in [3.05, 3.63) is 29.8 Å². The quantitative estimate of drug-likeness (QED) is 0.772. The molecule has 0 bridgehead atoms. The number of hydrogen-bond donors (Lipinski definition) is 1. The molecule has 6 nitrogen and oxygen atoms in total. The predicted octanol–water partition coefficient (Wildman–Crippen LogP) is -0.233. The van der Waals surface area contributed by atoms with Crippen LogP contribution in [0.5, 0.6) is 0 Å². The number of aliphatic hydroxyl groups is 1. The Balaban J connectivity index is 2.12. The molecule has 19 heavy (non-hydrogen) atoms. The van der Waals surface area contributed by atoms with Crippen molar-refractivity contribution < 1.29 is 23.1 Å². The summed E-state index contributed by atoms with van der Waals surface area (Å²) in [5, 5.41) is 9.14. The monoisotopic (exact) mass is 285 g/mol.